The van der Waals surface area contributed by atoms with E-state index in [2.05, 4.69) is 26.8 Å². The Morgan fingerprint density at radius 3 is 2.55 bits per heavy atom. The van der Waals surface area contributed by atoms with Gasteiger partial charge in [-0.1, -0.05) is 36.3 Å². The van der Waals surface area contributed by atoms with E-state index in [0.29, 0.717) is 0 Å². The van der Waals surface area contributed by atoms with Gasteiger partial charge in [-0.3, -0.25) is 13.5 Å². The molecular formula is C25H22N6O8S. The third kappa shape index (κ3) is 5.57. The number of nitrogens with zero attached hydrogens (tertiary/aromatic N) is 4. The zero-order valence-corrected chi connectivity index (χ0v) is 21.3. The van der Waals surface area contributed by atoms with Crippen molar-refractivity contribution >= 4 is 33.2 Å². The number of nitrogen functional groups attached to an aromatic ring is 1. The summed E-state index contributed by atoms with van der Waals surface area (Å²) in [6, 6.07) is 14.4. The Balaban J connectivity index is 1.31. The molecule has 1 fully saturated rings. The van der Waals surface area contributed by atoms with Crippen LogP contribution < -0.4 is 10.5 Å². The van der Waals surface area contributed by atoms with Gasteiger partial charge in [-0.05, 0) is 30.2 Å². The average Bonchev–Trinajstić information content (AvgIpc) is 3.47. The minimum Gasteiger partial charge on any atom is -0.507 e. The molecule has 40 heavy (non-hydrogen) atoms. The summed E-state index contributed by atoms with van der Waals surface area (Å²) >= 11 is 0. The highest BCUT2D eigenvalue weighted by Crippen LogP contribution is 2.32. The Hall–Kier alpha value is -4.59. The van der Waals surface area contributed by atoms with E-state index in [1.165, 1.54) is 35.2 Å². The number of nitrogens with two attached hydrogens (primary N) is 1. The molecule has 0 radical (unpaired) electrons. The zero-order valence-electron chi connectivity index (χ0n) is 20.4. The number of aromatic nitrogens is 4. The minimum absolute atomic E-state index is 0.0281. The third-order valence-corrected chi connectivity index (χ3v) is 6.79. The van der Waals surface area contributed by atoms with E-state index in [9.17, 15) is 28.5 Å². The number of hydrogen-bond donors (Lipinski definition) is 5. The number of carbonyl (C=O) groups is 1. The van der Waals surface area contributed by atoms with Gasteiger partial charge in [-0.15, -0.1) is 0 Å². The monoisotopic (exact) mass is 566 g/mol. The van der Waals surface area contributed by atoms with Crippen molar-refractivity contribution in [1.29, 1.82) is 0 Å². The molecule has 0 bridgehead atoms. The van der Waals surface area contributed by atoms with Gasteiger partial charge >= 0.3 is 10.3 Å². The number of anilines is 1. The molecule has 4 aromatic rings. The lowest BCUT2D eigenvalue weighted by molar-refractivity contribution is -0.0468. The van der Waals surface area contributed by atoms with Crippen LogP contribution in [-0.4, -0.2) is 74.1 Å². The number of benzene rings is 2. The van der Waals surface area contributed by atoms with Gasteiger partial charge in [0, 0.05) is 5.56 Å². The molecule has 2 aromatic heterocycles. The average molecular weight is 567 g/mol. The van der Waals surface area contributed by atoms with Crippen LogP contribution in [0, 0.1) is 11.8 Å². The van der Waals surface area contributed by atoms with Crippen LogP contribution in [0.15, 0.2) is 60.9 Å². The van der Waals surface area contributed by atoms with Crippen LogP contribution in [0.1, 0.15) is 28.0 Å². The van der Waals surface area contributed by atoms with E-state index in [-0.39, 0.29) is 28.4 Å². The Kier molecular flexibility index (Phi) is 7.34. The van der Waals surface area contributed by atoms with Crippen molar-refractivity contribution in [2.75, 3.05) is 12.3 Å². The number of rotatable bonds is 6. The van der Waals surface area contributed by atoms with E-state index in [1.54, 1.807) is 4.72 Å². The number of para-hydroxylation sites is 1. The van der Waals surface area contributed by atoms with Crippen LogP contribution in [-0.2, 0) is 19.2 Å². The molecule has 206 valence electrons. The van der Waals surface area contributed by atoms with Gasteiger partial charge in [0.15, 0.2) is 17.7 Å². The number of imidazole rings is 1. The number of carbonyl (C=O) groups excluding carboxylic acids is 1. The predicted molar refractivity (Wildman–Crippen MR) is 139 cm³/mol. The van der Waals surface area contributed by atoms with Crippen LogP contribution >= 0.6 is 0 Å². The second kappa shape index (κ2) is 10.9. The van der Waals surface area contributed by atoms with Gasteiger partial charge in [0.1, 0.15) is 29.6 Å². The maximum Gasteiger partial charge on any atom is 0.362 e. The van der Waals surface area contributed by atoms with Crippen molar-refractivity contribution in [1.82, 2.24) is 24.2 Å². The number of aliphatic hydroxyl groups excluding tert-OH is 2. The molecule has 0 spiro atoms. The van der Waals surface area contributed by atoms with E-state index >= 15 is 0 Å². The van der Waals surface area contributed by atoms with E-state index in [4.69, 9.17) is 14.7 Å². The Morgan fingerprint density at radius 1 is 1.07 bits per heavy atom. The molecule has 1 saturated heterocycles. The molecule has 0 unspecified atom stereocenters. The summed E-state index contributed by atoms with van der Waals surface area (Å²) in [4.78, 5) is 24.9. The summed E-state index contributed by atoms with van der Waals surface area (Å²) in [5.74, 6) is 4.28. The number of nitrogens with one attached hydrogen (secondary N) is 1. The molecule has 1 amide bonds. The number of phenolic OH excluding ortho intramolecular Hbond substituents is 1. The van der Waals surface area contributed by atoms with Crippen molar-refractivity contribution < 1.29 is 37.5 Å². The van der Waals surface area contributed by atoms with Crippen LogP contribution in [0.25, 0.3) is 11.2 Å². The predicted octanol–water partition coefficient (Wildman–Crippen LogP) is -0.176. The lowest BCUT2D eigenvalue weighted by atomic mass is 10.1. The summed E-state index contributed by atoms with van der Waals surface area (Å²) in [7, 11) is -4.68. The topological polar surface area (TPSA) is 212 Å². The fraction of sp³-hybridized carbons (Fsp3) is 0.200. The molecule has 0 aliphatic carbocycles. The second-order valence-corrected chi connectivity index (χ2v) is 9.95. The highest BCUT2D eigenvalue weighted by molar-refractivity contribution is 7.85. The highest BCUT2D eigenvalue weighted by Gasteiger charge is 2.45. The lowest BCUT2D eigenvalue weighted by Gasteiger charge is -2.16. The molecule has 3 heterocycles. The van der Waals surface area contributed by atoms with E-state index in [0.717, 1.165) is 5.56 Å². The first-order chi connectivity index (χ1) is 19.1. The minimum atomic E-state index is -4.68. The molecule has 5 rings (SSSR count). The quantitative estimate of drug-likeness (QED) is 0.192. The van der Waals surface area contributed by atoms with Crippen molar-refractivity contribution in [3.05, 3.63) is 77.9 Å². The molecule has 1 aliphatic heterocycles. The smallest absolute Gasteiger partial charge is 0.362 e. The molecule has 1 aliphatic rings. The van der Waals surface area contributed by atoms with E-state index < -0.39 is 53.1 Å². The molecular weight excluding hydrogens is 544 g/mol. The number of amides is 1. The summed E-state index contributed by atoms with van der Waals surface area (Å²) in [6.45, 7) is -0.754. The Bertz CT molecular complexity index is 1730. The third-order valence-electron chi connectivity index (χ3n) is 5.91. The number of aromatic hydroxyl groups is 1. The van der Waals surface area contributed by atoms with Gasteiger partial charge in [0.2, 0.25) is 5.82 Å². The van der Waals surface area contributed by atoms with Gasteiger partial charge in [-0.25, -0.2) is 19.7 Å². The summed E-state index contributed by atoms with van der Waals surface area (Å²) in [6.07, 6.45) is -4.43. The number of ether oxygens (including phenoxy) is 1. The van der Waals surface area contributed by atoms with Gasteiger partial charge in [-0.2, -0.15) is 8.42 Å². The van der Waals surface area contributed by atoms with Crippen LogP contribution in [0.3, 0.4) is 0 Å². The summed E-state index contributed by atoms with van der Waals surface area (Å²) in [5, 5.41) is 30.9. The zero-order chi connectivity index (χ0) is 28.4. The van der Waals surface area contributed by atoms with Crippen molar-refractivity contribution in [2.45, 2.75) is 24.5 Å². The van der Waals surface area contributed by atoms with Gasteiger partial charge < -0.3 is 25.8 Å². The largest absolute Gasteiger partial charge is 0.507 e. The maximum atomic E-state index is 12.3. The number of hydrogen-bond acceptors (Lipinski definition) is 12. The number of phenols is 1. The highest BCUT2D eigenvalue weighted by atomic mass is 32.2. The number of fused-ring (bicyclic) bond motifs is 1. The first-order valence-electron chi connectivity index (χ1n) is 11.7. The van der Waals surface area contributed by atoms with Crippen LogP contribution in [0.5, 0.6) is 5.75 Å². The van der Waals surface area contributed by atoms with Crippen molar-refractivity contribution in [2.24, 2.45) is 0 Å². The molecule has 15 heteroatoms. The van der Waals surface area contributed by atoms with Gasteiger partial charge in [0.05, 0.1) is 18.5 Å². The Labute approximate surface area is 227 Å². The standard InChI is InChI=1S/C25H22N6O8S/c26-22-19-23(29-18(28-22)11-10-14-6-2-1-3-7-14)31(13-27-19)25-21(34)20(33)17(39-25)12-38-40(36,37)30-24(35)15-8-4-5-9-16(15)32/h1-9,13,17,20-21,25,32-34H,12H2,(H,30,35)(H2,26,28,29)/t17-,20-,21-,25-/m1/s1. The summed E-state index contributed by atoms with van der Waals surface area (Å²) < 4.78 is 38.1. The number of aliphatic hydroxyl groups is 2. The van der Waals surface area contributed by atoms with E-state index in [1.807, 2.05) is 30.3 Å². The molecule has 4 atom stereocenters. The first-order valence-corrected chi connectivity index (χ1v) is 13.1. The molecule has 14 nitrogen and oxygen atoms in total. The lowest BCUT2D eigenvalue weighted by Crippen LogP contribution is -2.37. The normalized spacial score (nSPS) is 20.6. The maximum absolute atomic E-state index is 12.3. The van der Waals surface area contributed by atoms with Crippen molar-refractivity contribution in [3.8, 4) is 17.6 Å². The van der Waals surface area contributed by atoms with Crippen molar-refractivity contribution in [3.63, 3.8) is 0 Å². The van der Waals surface area contributed by atoms with Gasteiger partial charge in [0.25, 0.3) is 5.91 Å². The SMILES string of the molecule is Nc1nc(C#Cc2ccccc2)nc2c1ncn2[C@@H]1O[C@H](COS(=O)(=O)NC(=O)c2ccccc2O)[C@@H](O)[C@H]1O. The van der Waals surface area contributed by atoms with Crippen LogP contribution in [0.2, 0.25) is 0 Å². The Morgan fingerprint density at radius 2 is 1.80 bits per heavy atom. The first kappa shape index (κ1) is 27.0. The second-order valence-electron chi connectivity index (χ2n) is 8.61. The fourth-order valence-electron chi connectivity index (χ4n) is 3.95. The summed E-state index contributed by atoms with van der Waals surface area (Å²) in [5.41, 5.74) is 6.82. The molecule has 0 saturated carbocycles. The molecule has 6 N–H and O–H groups in total. The molecule has 2 aromatic carbocycles. The van der Waals surface area contributed by atoms with Crippen LogP contribution in [0.4, 0.5) is 5.82 Å². The fourth-order valence-corrected chi connectivity index (χ4v) is 4.66.